The smallest absolute Gasteiger partial charge is 0.331 e. The van der Waals surface area contributed by atoms with Crippen molar-refractivity contribution in [3.05, 3.63) is 102 Å². The van der Waals surface area contributed by atoms with Gasteiger partial charge in [0.05, 0.1) is 39.8 Å². The molecule has 0 amide bonds. The van der Waals surface area contributed by atoms with Crippen LogP contribution in [-0.4, -0.2) is 20.3 Å². The summed E-state index contributed by atoms with van der Waals surface area (Å²) in [6.07, 6.45) is 0.580. The lowest BCUT2D eigenvalue weighted by Crippen LogP contribution is -2.37. The van der Waals surface area contributed by atoms with Gasteiger partial charge < -0.3 is 13.7 Å². The van der Waals surface area contributed by atoms with Crippen LogP contribution in [0.1, 0.15) is 17.4 Å². The van der Waals surface area contributed by atoms with Crippen molar-refractivity contribution in [1.29, 1.82) is 0 Å². The number of hydrogen-bond acceptors (Lipinski definition) is 5. The van der Waals surface area contributed by atoms with Crippen molar-refractivity contribution in [2.75, 3.05) is 6.61 Å². The lowest BCUT2D eigenvalue weighted by atomic mass is 10.0. The zero-order valence-corrected chi connectivity index (χ0v) is 19.7. The fourth-order valence-electron chi connectivity index (χ4n) is 5.00. The molecule has 8 nitrogen and oxygen atoms in total. The van der Waals surface area contributed by atoms with Crippen LogP contribution in [0.3, 0.4) is 0 Å². The van der Waals surface area contributed by atoms with Crippen LogP contribution < -0.4 is 16.7 Å². The number of fused-ring (bicyclic) bond motifs is 4. The molecule has 176 valence electrons. The minimum atomic E-state index is -0.828. The molecule has 0 saturated heterocycles. The minimum Gasteiger partial charge on any atom is -0.464 e. The molecular formula is C26H20ClN3O5. The van der Waals surface area contributed by atoms with Crippen LogP contribution in [0.2, 0.25) is 5.02 Å². The Labute approximate surface area is 203 Å². The number of aryl methyl sites for hydroxylation is 1. The van der Waals surface area contributed by atoms with Crippen molar-refractivity contribution in [2.45, 2.75) is 12.6 Å². The second-order valence-electron chi connectivity index (χ2n) is 8.59. The molecule has 1 aliphatic rings. The summed E-state index contributed by atoms with van der Waals surface area (Å²) < 4.78 is 16.4. The summed E-state index contributed by atoms with van der Waals surface area (Å²) in [7, 11) is 3.07. The second-order valence-corrected chi connectivity index (χ2v) is 9.03. The van der Waals surface area contributed by atoms with Crippen LogP contribution in [0, 0.1) is 0 Å². The van der Waals surface area contributed by atoms with Gasteiger partial charge in [0.15, 0.2) is 5.43 Å². The number of aromatic nitrogens is 3. The zero-order chi connectivity index (χ0) is 24.4. The van der Waals surface area contributed by atoms with Gasteiger partial charge in [-0.05, 0) is 29.8 Å². The van der Waals surface area contributed by atoms with Crippen LogP contribution in [0.15, 0.2) is 73.6 Å². The first-order valence-corrected chi connectivity index (χ1v) is 11.5. The molecule has 9 heteroatoms. The van der Waals surface area contributed by atoms with E-state index in [0.29, 0.717) is 57.0 Å². The summed E-state index contributed by atoms with van der Waals surface area (Å²) in [5.74, 6) is 0. The van der Waals surface area contributed by atoms with E-state index in [2.05, 4.69) is 0 Å². The lowest BCUT2D eigenvalue weighted by Gasteiger charge is -2.27. The van der Waals surface area contributed by atoms with Gasteiger partial charge in [-0.3, -0.25) is 18.7 Å². The molecule has 0 aliphatic carbocycles. The van der Waals surface area contributed by atoms with E-state index in [1.54, 1.807) is 43.4 Å². The summed E-state index contributed by atoms with van der Waals surface area (Å²) in [5, 5.41) is 1.38. The molecule has 0 fully saturated rings. The van der Waals surface area contributed by atoms with E-state index >= 15 is 0 Å². The predicted molar refractivity (Wildman–Crippen MR) is 133 cm³/mol. The maximum absolute atomic E-state index is 13.5. The first-order chi connectivity index (χ1) is 16.9. The quantitative estimate of drug-likeness (QED) is 0.378. The van der Waals surface area contributed by atoms with Gasteiger partial charge in [-0.2, -0.15) is 0 Å². The Morgan fingerprint density at radius 1 is 0.971 bits per heavy atom. The van der Waals surface area contributed by atoms with Crippen molar-refractivity contribution in [3.63, 3.8) is 0 Å². The number of ether oxygens (including phenoxy) is 1. The molecule has 3 aromatic heterocycles. The second kappa shape index (κ2) is 7.83. The molecule has 0 spiro atoms. The standard InChI is InChI=1S/C26H20ClN3O5/c1-28-21-19(25(32)29(2)26(28)33)20(14-7-9-15(27)10-8-14)30-11-12-34-24(22(21)30)17-13-35-18-6-4-3-5-16(18)23(17)31/h3-10,13,24H,11-12H2,1-2H3. The van der Waals surface area contributed by atoms with Crippen LogP contribution in [0.25, 0.3) is 33.1 Å². The normalized spacial score (nSPS) is 15.6. The highest BCUT2D eigenvalue weighted by molar-refractivity contribution is 6.30. The van der Waals surface area contributed by atoms with Gasteiger partial charge in [0.1, 0.15) is 18.0 Å². The summed E-state index contributed by atoms with van der Waals surface area (Å²) in [4.78, 5) is 39.9. The fraction of sp³-hybridized carbons (Fsp3) is 0.192. The average molecular weight is 490 g/mol. The van der Waals surface area contributed by atoms with Crippen LogP contribution in [-0.2, 0) is 25.4 Å². The maximum atomic E-state index is 13.5. The molecule has 1 aliphatic heterocycles. The van der Waals surface area contributed by atoms with Gasteiger partial charge in [-0.15, -0.1) is 0 Å². The maximum Gasteiger partial charge on any atom is 0.331 e. The average Bonchev–Trinajstić information content (AvgIpc) is 3.23. The number of benzene rings is 2. The number of rotatable bonds is 2. The Morgan fingerprint density at radius 3 is 2.49 bits per heavy atom. The predicted octanol–water partition coefficient (Wildman–Crippen LogP) is 3.59. The van der Waals surface area contributed by atoms with Gasteiger partial charge in [-0.25, -0.2) is 4.79 Å². The van der Waals surface area contributed by atoms with E-state index in [-0.39, 0.29) is 5.43 Å². The summed E-state index contributed by atoms with van der Waals surface area (Å²) in [5.41, 5.74) is 2.10. The molecule has 4 heterocycles. The highest BCUT2D eigenvalue weighted by atomic mass is 35.5. The molecule has 5 aromatic rings. The summed E-state index contributed by atoms with van der Waals surface area (Å²) in [6.45, 7) is 0.745. The zero-order valence-electron chi connectivity index (χ0n) is 18.9. The third-order valence-electron chi connectivity index (χ3n) is 6.66. The molecule has 2 aromatic carbocycles. The first-order valence-electron chi connectivity index (χ1n) is 11.1. The Hall–Kier alpha value is -3.88. The van der Waals surface area contributed by atoms with Crippen molar-refractivity contribution >= 4 is 33.5 Å². The number of halogens is 1. The van der Waals surface area contributed by atoms with Gasteiger partial charge in [0.2, 0.25) is 0 Å². The Morgan fingerprint density at radius 2 is 1.71 bits per heavy atom. The molecule has 35 heavy (non-hydrogen) atoms. The number of nitrogens with zero attached hydrogens (tertiary/aromatic N) is 3. The monoisotopic (exact) mass is 489 g/mol. The van der Waals surface area contributed by atoms with Crippen molar-refractivity contribution in [1.82, 2.24) is 13.7 Å². The third kappa shape index (κ3) is 3.07. The lowest BCUT2D eigenvalue weighted by molar-refractivity contribution is 0.0463. The molecule has 1 atom stereocenters. The fourth-order valence-corrected chi connectivity index (χ4v) is 5.12. The van der Waals surface area contributed by atoms with E-state index in [4.69, 9.17) is 20.8 Å². The first kappa shape index (κ1) is 21.6. The SMILES string of the molecule is Cn1c(=O)c2c(-c3ccc(Cl)cc3)n3c(c2n(C)c1=O)C(c1coc2ccccc2c1=O)OCC3. The van der Waals surface area contributed by atoms with Gasteiger partial charge in [0.25, 0.3) is 5.56 Å². The van der Waals surface area contributed by atoms with E-state index < -0.39 is 17.4 Å². The van der Waals surface area contributed by atoms with Crippen LogP contribution in [0.5, 0.6) is 0 Å². The topological polar surface area (TPSA) is 88.4 Å². The van der Waals surface area contributed by atoms with Crippen molar-refractivity contribution in [2.24, 2.45) is 14.1 Å². The highest BCUT2D eigenvalue weighted by Crippen LogP contribution is 2.40. The molecular weight excluding hydrogens is 470 g/mol. The minimum absolute atomic E-state index is 0.221. The largest absolute Gasteiger partial charge is 0.464 e. The van der Waals surface area contributed by atoms with E-state index in [9.17, 15) is 14.4 Å². The van der Waals surface area contributed by atoms with Crippen molar-refractivity contribution in [3.8, 4) is 11.3 Å². The molecule has 6 rings (SSSR count). The molecule has 1 unspecified atom stereocenters. The Bertz CT molecular complexity index is 1830. The van der Waals surface area contributed by atoms with Crippen molar-refractivity contribution < 1.29 is 9.15 Å². The van der Waals surface area contributed by atoms with E-state index in [1.165, 1.54) is 17.9 Å². The highest BCUT2D eigenvalue weighted by Gasteiger charge is 2.34. The van der Waals surface area contributed by atoms with Gasteiger partial charge >= 0.3 is 5.69 Å². The Kier molecular flexibility index (Phi) is 4.84. The third-order valence-corrected chi connectivity index (χ3v) is 6.91. The summed E-state index contributed by atoms with van der Waals surface area (Å²) >= 11 is 6.12. The van der Waals surface area contributed by atoms with Gasteiger partial charge in [0, 0.05) is 25.7 Å². The van der Waals surface area contributed by atoms with Crippen LogP contribution >= 0.6 is 11.6 Å². The number of para-hydroxylation sites is 1. The molecule has 0 radical (unpaired) electrons. The van der Waals surface area contributed by atoms with E-state index in [0.717, 1.165) is 10.1 Å². The van der Waals surface area contributed by atoms with Gasteiger partial charge in [-0.1, -0.05) is 35.9 Å². The molecule has 0 bridgehead atoms. The Balaban J connectivity index is 1.75. The van der Waals surface area contributed by atoms with Crippen LogP contribution in [0.4, 0.5) is 0 Å². The molecule has 0 N–H and O–H groups in total. The van der Waals surface area contributed by atoms with E-state index in [1.807, 2.05) is 16.7 Å². The summed E-state index contributed by atoms with van der Waals surface area (Å²) in [6, 6.07) is 14.2. The molecule has 0 saturated carbocycles. The number of hydrogen-bond donors (Lipinski definition) is 0.